The Morgan fingerprint density at radius 3 is 2.95 bits per heavy atom. The maximum atomic E-state index is 11.7. The van der Waals surface area contributed by atoms with E-state index in [4.69, 9.17) is 16.3 Å². The van der Waals surface area contributed by atoms with E-state index >= 15 is 0 Å². The normalized spacial score (nSPS) is 14.0. The summed E-state index contributed by atoms with van der Waals surface area (Å²) in [6.45, 7) is 0.0290. The summed E-state index contributed by atoms with van der Waals surface area (Å²) >= 11 is 7.30. The van der Waals surface area contributed by atoms with Gasteiger partial charge in [0.05, 0.1) is 17.1 Å². The van der Waals surface area contributed by atoms with Crippen molar-refractivity contribution < 1.29 is 9.53 Å². The molecule has 21 heavy (non-hydrogen) atoms. The van der Waals surface area contributed by atoms with E-state index in [0.717, 1.165) is 29.1 Å². The number of benzene rings is 1. The number of alkyl halides is 1. The van der Waals surface area contributed by atoms with Crippen LogP contribution < -0.4 is 10.1 Å². The third-order valence-electron chi connectivity index (χ3n) is 3.11. The van der Waals surface area contributed by atoms with Crippen LogP contribution in [0.4, 0.5) is 0 Å². The van der Waals surface area contributed by atoms with Gasteiger partial charge >= 0.3 is 0 Å². The average Bonchev–Trinajstić information content (AvgIpc) is 3.18. The van der Waals surface area contributed by atoms with Crippen LogP contribution in [-0.2, 0) is 10.7 Å². The number of carbonyl (C=O) groups is 1. The number of halogens is 1. The number of carbonyl (C=O) groups excluding carboxylic acids is 1. The average molecular weight is 323 g/mol. The van der Waals surface area contributed by atoms with Gasteiger partial charge in [0.25, 0.3) is 5.91 Å². The van der Waals surface area contributed by atoms with Crippen molar-refractivity contribution in [1.82, 2.24) is 10.3 Å². The zero-order valence-electron chi connectivity index (χ0n) is 11.3. The zero-order chi connectivity index (χ0) is 14.7. The quantitative estimate of drug-likeness (QED) is 0.831. The summed E-state index contributed by atoms with van der Waals surface area (Å²) < 4.78 is 5.65. The van der Waals surface area contributed by atoms with Crippen LogP contribution >= 0.6 is 22.9 Å². The largest absolute Gasteiger partial charge is 0.483 e. The Bertz CT molecular complexity index is 640. The lowest BCUT2D eigenvalue weighted by Gasteiger charge is -2.09. The Hall–Kier alpha value is -1.59. The lowest BCUT2D eigenvalue weighted by Crippen LogP contribution is -2.30. The van der Waals surface area contributed by atoms with Gasteiger partial charge in [0.1, 0.15) is 10.8 Å². The van der Waals surface area contributed by atoms with Crippen molar-refractivity contribution in [2.75, 3.05) is 6.61 Å². The molecule has 0 saturated heterocycles. The first-order chi connectivity index (χ1) is 10.3. The van der Waals surface area contributed by atoms with E-state index in [1.807, 2.05) is 29.6 Å². The summed E-state index contributed by atoms with van der Waals surface area (Å²) in [4.78, 5) is 16.1. The molecule has 1 N–H and O–H groups in total. The fourth-order valence-electron chi connectivity index (χ4n) is 1.90. The van der Waals surface area contributed by atoms with E-state index in [2.05, 4.69) is 10.3 Å². The third kappa shape index (κ3) is 3.74. The molecule has 1 fully saturated rings. The lowest BCUT2D eigenvalue weighted by atomic mass is 10.2. The number of nitrogens with zero attached hydrogens (tertiary/aromatic N) is 1. The fourth-order valence-corrected chi connectivity index (χ4v) is 2.98. The molecule has 0 spiro atoms. The molecule has 1 aromatic carbocycles. The lowest BCUT2D eigenvalue weighted by molar-refractivity contribution is -0.123. The molecule has 1 amide bonds. The second kappa shape index (κ2) is 6.45. The van der Waals surface area contributed by atoms with Crippen molar-refractivity contribution in [3.63, 3.8) is 0 Å². The summed E-state index contributed by atoms with van der Waals surface area (Å²) in [6.07, 6.45) is 2.14. The summed E-state index contributed by atoms with van der Waals surface area (Å²) in [7, 11) is 0. The Morgan fingerprint density at radius 1 is 1.43 bits per heavy atom. The number of hydrogen-bond donors (Lipinski definition) is 1. The van der Waals surface area contributed by atoms with Crippen LogP contribution in [0.5, 0.6) is 5.75 Å². The first kappa shape index (κ1) is 14.4. The van der Waals surface area contributed by atoms with Crippen LogP contribution in [0.1, 0.15) is 18.5 Å². The maximum absolute atomic E-state index is 11.7. The van der Waals surface area contributed by atoms with Crippen molar-refractivity contribution in [2.24, 2.45) is 0 Å². The number of rotatable bonds is 6. The van der Waals surface area contributed by atoms with Gasteiger partial charge in [-0.25, -0.2) is 4.98 Å². The summed E-state index contributed by atoms with van der Waals surface area (Å²) in [5.41, 5.74) is 1.73. The Balaban J connectivity index is 1.71. The van der Waals surface area contributed by atoms with Crippen LogP contribution in [-0.4, -0.2) is 23.5 Å². The third-order valence-corrected chi connectivity index (χ3v) is 4.31. The number of ether oxygens (including phenoxy) is 1. The minimum absolute atomic E-state index is 0.0290. The molecule has 0 bridgehead atoms. The molecule has 3 rings (SSSR count). The minimum Gasteiger partial charge on any atom is -0.483 e. The van der Waals surface area contributed by atoms with Gasteiger partial charge in [0, 0.05) is 11.4 Å². The molecule has 1 aliphatic rings. The summed E-state index contributed by atoms with van der Waals surface area (Å²) in [6, 6.07) is 7.94. The predicted molar refractivity (Wildman–Crippen MR) is 83.8 cm³/mol. The van der Waals surface area contributed by atoms with Gasteiger partial charge in [0.2, 0.25) is 0 Å². The molecule has 2 aromatic rings. The molecular weight excluding hydrogens is 308 g/mol. The zero-order valence-corrected chi connectivity index (χ0v) is 12.9. The van der Waals surface area contributed by atoms with Gasteiger partial charge in [-0.2, -0.15) is 0 Å². The minimum atomic E-state index is -0.0760. The number of amides is 1. The number of aromatic nitrogens is 1. The van der Waals surface area contributed by atoms with E-state index in [-0.39, 0.29) is 12.5 Å². The van der Waals surface area contributed by atoms with Crippen molar-refractivity contribution in [1.29, 1.82) is 0 Å². The number of para-hydroxylation sites is 1. The Morgan fingerprint density at radius 2 is 2.24 bits per heavy atom. The highest BCUT2D eigenvalue weighted by Crippen LogP contribution is 2.32. The van der Waals surface area contributed by atoms with Gasteiger partial charge in [-0.3, -0.25) is 4.79 Å². The molecule has 1 heterocycles. The van der Waals surface area contributed by atoms with Crippen molar-refractivity contribution >= 4 is 28.8 Å². The molecule has 0 atom stereocenters. The summed E-state index contributed by atoms with van der Waals surface area (Å²) in [5.74, 6) is 0.982. The molecule has 1 aliphatic carbocycles. The van der Waals surface area contributed by atoms with Crippen LogP contribution in [0.25, 0.3) is 10.6 Å². The first-order valence-corrected chi connectivity index (χ1v) is 8.19. The number of hydrogen-bond acceptors (Lipinski definition) is 4. The second-order valence-electron chi connectivity index (χ2n) is 4.90. The van der Waals surface area contributed by atoms with E-state index in [1.54, 1.807) is 0 Å². The van der Waals surface area contributed by atoms with Gasteiger partial charge in [-0.05, 0) is 25.0 Å². The second-order valence-corrected chi connectivity index (χ2v) is 6.03. The molecule has 0 radical (unpaired) electrons. The Labute approximate surface area is 132 Å². The van der Waals surface area contributed by atoms with Gasteiger partial charge in [-0.1, -0.05) is 12.1 Å². The summed E-state index contributed by atoms with van der Waals surface area (Å²) in [5, 5.41) is 5.68. The van der Waals surface area contributed by atoms with Gasteiger partial charge in [-0.15, -0.1) is 22.9 Å². The van der Waals surface area contributed by atoms with Gasteiger partial charge < -0.3 is 10.1 Å². The fraction of sp³-hybridized carbons (Fsp3) is 0.333. The topological polar surface area (TPSA) is 51.2 Å². The highest BCUT2D eigenvalue weighted by Gasteiger charge is 2.23. The standard InChI is InChI=1S/C15H15ClN2O2S/c16-7-11-9-21-15(18-11)12-3-1-2-4-13(12)20-8-14(19)17-10-5-6-10/h1-4,9-10H,5-8H2,(H,17,19). The van der Waals surface area contributed by atoms with Crippen LogP contribution in [0.15, 0.2) is 29.6 Å². The van der Waals surface area contributed by atoms with Crippen LogP contribution in [0.3, 0.4) is 0 Å². The van der Waals surface area contributed by atoms with Gasteiger partial charge in [0.15, 0.2) is 6.61 Å². The molecule has 1 saturated carbocycles. The predicted octanol–water partition coefficient (Wildman–Crippen LogP) is 3.21. The molecule has 1 aromatic heterocycles. The van der Waals surface area contributed by atoms with E-state index in [0.29, 0.717) is 17.7 Å². The highest BCUT2D eigenvalue weighted by molar-refractivity contribution is 7.13. The van der Waals surface area contributed by atoms with E-state index < -0.39 is 0 Å². The monoisotopic (exact) mass is 322 g/mol. The number of thiazole rings is 1. The van der Waals surface area contributed by atoms with Crippen molar-refractivity contribution in [2.45, 2.75) is 24.8 Å². The molecule has 110 valence electrons. The van der Waals surface area contributed by atoms with Crippen molar-refractivity contribution in [3.05, 3.63) is 35.3 Å². The molecule has 6 heteroatoms. The van der Waals surface area contributed by atoms with E-state index in [1.165, 1.54) is 11.3 Å². The van der Waals surface area contributed by atoms with Crippen LogP contribution in [0, 0.1) is 0 Å². The SMILES string of the molecule is O=C(COc1ccccc1-c1nc(CCl)cs1)NC1CC1. The molecule has 0 unspecified atom stereocenters. The first-order valence-electron chi connectivity index (χ1n) is 6.78. The van der Waals surface area contributed by atoms with Crippen molar-refractivity contribution in [3.8, 4) is 16.3 Å². The maximum Gasteiger partial charge on any atom is 0.258 e. The van der Waals surface area contributed by atoms with E-state index in [9.17, 15) is 4.79 Å². The number of nitrogens with one attached hydrogen (secondary N) is 1. The van der Waals surface area contributed by atoms with Crippen LogP contribution in [0.2, 0.25) is 0 Å². The molecule has 0 aliphatic heterocycles. The molecule has 4 nitrogen and oxygen atoms in total. The Kier molecular flexibility index (Phi) is 4.41. The molecular formula is C15H15ClN2O2S. The smallest absolute Gasteiger partial charge is 0.258 e. The highest BCUT2D eigenvalue weighted by atomic mass is 35.5.